The third-order valence-electron chi connectivity index (χ3n) is 4.82. The quantitative estimate of drug-likeness (QED) is 0.778. The van der Waals surface area contributed by atoms with Gasteiger partial charge in [0, 0.05) is 63.0 Å². The van der Waals surface area contributed by atoms with Crippen molar-refractivity contribution in [3.05, 3.63) is 33.3 Å². The molecule has 0 N–H and O–H groups in total. The lowest BCUT2D eigenvalue weighted by atomic mass is 10.1. The van der Waals surface area contributed by atoms with Gasteiger partial charge in [0.05, 0.1) is 18.1 Å². The zero-order chi connectivity index (χ0) is 17.9. The highest BCUT2D eigenvalue weighted by Gasteiger charge is 2.22. The van der Waals surface area contributed by atoms with E-state index in [2.05, 4.69) is 26.7 Å². The second-order valence-electron chi connectivity index (χ2n) is 6.78. The van der Waals surface area contributed by atoms with Crippen LogP contribution in [0.3, 0.4) is 0 Å². The van der Waals surface area contributed by atoms with Crippen molar-refractivity contribution >= 4 is 28.1 Å². The summed E-state index contributed by atoms with van der Waals surface area (Å²) < 4.78 is 5.42. The van der Waals surface area contributed by atoms with Gasteiger partial charge in [0.1, 0.15) is 11.0 Å². The lowest BCUT2D eigenvalue weighted by molar-refractivity contribution is 0.122. The Morgan fingerprint density at radius 3 is 2.88 bits per heavy atom. The Morgan fingerprint density at radius 2 is 2.08 bits per heavy atom. The van der Waals surface area contributed by atoms with Crippen molar-refractivity contribution in [2.75, 3.05) is 37.7 Å². The molecule has 1 fully saturated rings. The predicted molar refractivity (Wildman–Crippen MR) is 104 cm³/mol. The Balaban J connectivity index is 1.43. The Morgan fingerprint density at radius 1 is 1.23 bits per heavy atom. The van der Waals surface area contributed by atoms with Crippen LogP contribution < -0.4 is 4.90 Å². The highest BCUT2D eigenvalue weighted by Crippen LogP contribution is 2.32. The van der Waals surface area contributed by atoms with Gasteiger partial charge in [0.25, 0.3) is 0 Å². The number of hydrogen-bond donors (Lipinski definition) is 0. The van der Waals surface area contributed by atoms with Gasteiger partial charge in [-0.25, -0.2) is 15.0 Å². The molecule has 0 aliphatic carbocycles. The van der Waals surface area contributed by atoms with E-state index in [-0.39, 0.29) is 0 Å². The van der Waals surface area contributed by atoms with Gasteiger partial charge in [-0.15, -0.1) is 0 Å². The summed E-state index contributed by atoms with van der Waals surface area (Å²) in [5, 5.41) is 1.65. The monoisotopic (exact) mass is 393 g/mol. The van der Waals surface area contributed by atoms with Crippen LogP contribution in [0.15, 0.2) is 6.20 Å². The molecule has 0 bridgehead atoms. The molecule has 2 aromatic heterocycles. The number of morpholine rings is 1. The maximum atomic E-state index is 6.43. The normalized spacial score (nSPS) is 18.2. The minimum absolute atomic E-state index is 0.636. The van der Waals surface area contributed by atoms with Crippen molar-refractivity contribution in [1.82, 2.24) is 19.9 Å². The number of aromatic nitrogens is 3. The first kappa shape index (κ1) is 18.1. The molecule has 2 aliphatic heterocycles. The molecular weight excluding hydrogens is 370 g/mol. The highest BCUT2D eigenvalue weighted by molar-refractivity contribution is 7.16. The molecule has 0 radical (unpaired) electrons. The fraction of sp³-hybridized carbons (Fsp3) is 0.611. The van der Waals surface area contributed by atoms with Crippen molar-refractivity contribution in [2.24, 2.45) is 0 Å². The zero-order valence-corrected chi connectivity index (χ0v) is 16.7. The molecule has 0 saturated carbocycles. The molecule has 26 heavy (non-hydrogen) atoms. The van der Waals surface area contributed by atoms with E-state index in [4.69, 9.17) is 21.3 Å². The number of thiazole rings is 1. The molecule has 2 aliphatic rings. The SMILES string of the molecule is CCCc1ncc2c(n1)CCN(Cc1sc(N3CCOCC3)nc1Cl)C2. The van der Waals surface area contributed by atoms with Crippen LogP contribution in [0.25, 0.3) is 0 Å². The number of ether oxygens (including phenoxy) is 1. The van der Waals surface area contributed by atoms with Crippen LogP contribution in [0.2, 0.25) is 5.15 Å². The van der Waals surface area contributed by atoms with E-state index in [0.717, 1.165) is 81.0 Å². The van der Waals surface area contributed by atoms with E-state index in [1.54, 1.807) is 11.3 Å². The summed E-state index contributed by atoms with van der Waals surface area (Å²) in [6, 6.07) is 0. The minimum atomic E-state index is 0.636. The molecule has 0 spiro atoms. The molecule has 2 aromatic rings. The fourth-order valence-corrected chi connectivity index (χ4v) is 4.76. The van der Waals surface area contributed by atoms with Gasteiger partial charge in [0.2, 0.25) is 0 Å². The van der Waals surface area contributed by atoms with Crippen LogP contribution in [0.5, 0.6) is 0 Å². The molecule has 140 valence electrons. The Bertz CT molecular complexity index is 762. The topological polar surface area (TPSA) is 54.4 Å². The average Bonchev–Trinajstić information content (AvgIpc) is 3.03. The molecule has 4 rings (SSSR count). The van der Waals surface area contributed by atoms with Gasteiger partial charge >= 0.3 is 0 Å². The largest absolute Gasteiger partial charge is 0.378 e. The molecule has 4 heterocycles. The van der Waals surface area contributed by atoms with Crippen LogP contribution in [-0.2, 0) is 30.7 Å². The molecule has 0 atom stereocenters. The van der Waals surface area contributed by atoms with E-state index < -0.39 is 0 Å². The summed E-state index contributed by atoms with van der Waals surface area (Å²) in [5.41, 5.74) is 2.45. The number of anilines is 1. The predicted octanol–water partition coefficient (Wildman–Crippen LogP) is 2.93. The third kappa shape index (κ3) is 4.01. The van der Waals surface area contributed by atoms with E-state index in [9.17, 15) is 0 Å². The van der Waals surface area contributed by atoms with Gasteiger partial charge in [-0.05, 0) is 6.42 Å². The number of aryl methyl sites for hydroxylation is 1. The van der Waals surface area contributed by atoms with Crippen LogP contribution >= 0.6 is 22.9 Å². The number of rotatable bonds is 5. The number of nitrogens with zero attached hydrogens (tertiary/aromatic N) is 5. The van der Waals surface area contributed by atoms with Crippen molar-refractivity contribution in [1.29, 1.82) is 0 Å². The fourth-order valence-electron chi connectivity index (χ4n) is 3.41. The smallest absolute Gasteiger partial charge is 0.187 e. The van der Waals surface area contributed by atoms with Crippen molar-refractivity contribution in [2.45, 2.75) is 39.3 Å². The van der Waals surface area contributed by atoms with Gasteiger partial charge in [-0.2, -0.15) is 0 Å². The standard InChI is InChI=1S/C18H24ClN5OS/c1-2-3-16-20-10-13-11-23(5-4-14(13)21-16)12-15-17(19)22-18(26-15)24-6-8-25-9-7-24/h10H,2-9,11-12H2,1H3. The molecular formula is C18H24ClN5OS. The zero-order valence-electron chi connectivity index (χ0n) is 15.1. The first-order chi connectivity index (χ1) is 12.7. The van der Waals surface area contributed by atoms with Crippen LogP contribution in [0.1, 0.15) is 35.3 Å². The van der Waals surface area contributed by atoms with E-state index in [0.29, 0.717) is 5.15 Å². The van der Waals surface area contributed by atoms with E-state index in [1.165, 1.54) is 11.3 Å². The number of fused-ring (bicyclic) bond motifs is 1. The molecule has 6 nitrogen and oxygen atoms in total. The summed E-state index contributed by atoms with van der Waals surface area (Å²) in [4.78, 5) is 19.6. The summed E-state index contributed by atoms with van der Waals surface area (Å²) in [6.45, 7) is 8.16. The molecule has 0 unspecified atom stereocenters. The van der Waals surface area contributed by atoms with Crippen molar-refractivity contribution in [3.8, 4) is 0 Å². The molecule has 0 aromatic carbocycles. The van der Waals surface area contributed by atoms with Gasteiger partial charge in [-0.3, -0.25) is 4.90 Å². The Kier molecular flexibility index (Phi) is 5.69. The average molecular weight is 394 g/mol. The number of halogens is 1. The molecule has 8 heteroatoms. The maximum Gasteiger partial charge on any atom is 0.187 e. The van der Waals surface area contributed by atoms with Gasteiger partial charge in [0.15, 0.2) is 5.13 Å². The molecule has 1 saturated heterocycles. The number of hydrogen-bond acceptors (Lipinski definition) is 7. The van der Waals surface area contributed by atoms with Crippen molar-refractivity contribution < 1.29 is 4.74 Å². The maximum absolute atomic E-state index is 6.43. The van der Waals surface area contributed by atoms with Crippen LogP contribution in [0.4, 0.5) is 5.13 Å². The first-order valence-electron chi connectivity index (χ1n) is 9.27. The van der Waals surface area contributed by atoms with Gasteiger partial charge < -0.3 is 9.64 Å². The lowest BCUT2D eigenvalue weighted by Crippen LogP contribution is -2.36. The summed E-state index contributed by atoms with van der Waals surface area (Å²) >= 11 is 8.13. The molecule has 0 amide bonds. The third-order valence-corrected chi connectivity index (χ3v) is 6.35. The van der Waals surface area contributed by atoms with Crippen LogP contribution in [-0.4, -0.2) is 52.7 Å². The van der Waals surface area contributed by atoms with Crippen LogP contribution in [0, 0.1) is 0 Å². The van der Waals surface area contributed by atoms with E-state index in [1.807, 2.05) is 6.20 Å². The lowest BCUT2D eigenvalue weighted by Gasteiger charge is -2.27. The summed E-state index contributed by atoms with van der Waals surface area (Å²) in [6.07, 6.45) is 5.02. The second-order valence-corrected chi connectivity index (χ2v) is 8.20. The van der Waals surface area contributed by atoms with Crippen molar-refractivity contribution in [3.63, 3.8) is 0 Å². The highest BCUT2D eigenvalue weighted by atomic mass is 35.5. The second kappa shape index (κ2) is 8.17. The first-order valence-corrected chi connectivity index (χ1v) is 10.5. The Hall–Kier alpha value is -1.28. The Labute approximate surface area is 163 Å². The summed E-state index contributed by atoms with van der Waals surface area (Å²) in [7, 11) is 0. The van der Waals surface area contributed by atoms with Gasteiger partial charge in [-0.1, -0.05) is 29.9 Å². The summed E-state index contributed by atoms with van der Waals surface area (Å²) in [5.74, 6) is 0.973. The van der Waals surface area contributed by atoms with E-state index >= 15 is 0 Å². The minimum Gasteiger partial charge on any atom is -0.378 e.